The van der Waals surface area contributed by atoms with Crippen LogP contribution in [0.2, 0.25) is 0 Å². The second kappa shape index (κ2) is 6.02. The first kappa shape index (κ1) is 15.9. The SMILES string of the molecule is Cc1noc(C2CC(=O)N(C3CN(C(=O)Cc4ccc(C)o4)C3)C2)n1. The molecule has 25 heavy (non-hydrogen) atoms. The van der Waals surface area contributed by atoms with Crippen molar-refractivity contribution in [3.8, 4) is 0 Å². The normalized spacial score (nSPS) is 21.0. The Bertz CT molecular complexity index is 805. The lowest BCUT2D eigenvalue weighted by atomic mass is 10.1. The van der Waals surface area contributed by atoms with Gasteiger partial charge in [0.25, 0.3) is 0 Å². The van der Waals surface area contributed by atoms with Crippen LogP contribution in [-0.4, -0.2) is 57.4 Å². The van der Waals surface area contributed by atoms with Gasteiger partial charge in [0, 0.05) is 26.1 Å². The predicted octanol–water partition coefficient (Wildman–Crippen LogP) is 1.05. The van der Waals surface area contributed by atoms with Crippen LogP contribution in [0.1, 0.15) is 35.6 Å². The molecule has 0 N–H and O–H groups in total. The predicted molar refractivity (Wildman–Crippen MR) is 85.6 cm³/mol. The maximum Gasteiger partial charge on any atom is 0.232 e. The zero-order valence-electron chi connectivity index (χ0n) is 14.3. The minimum Gasteiger partial charge on any atom is -0.466 e. The standard InChI is InChI=1S/C17H20N4O4/c1-10-3-4-14(24-10)6-15(22)20-8-13(9-20)21-7-12(5-16(21)23)17-18-11(2)19-25-17/h3-4,12-13H,5-9H2,1-2H3. The molecule has 1 unspecified atom stereocenters. The molecule has 8 nitrogen and oxygen atoms in total. The van der Waals surface area contributed by atoms with Gasteiger partial charge in [0.1, 0.15) is 11.5 Å². The quantitative estimate of drug-likeness (QED) is 0.823. The van der Waals surface area contributed by atoms with Crippen LogP contribution in [0.5, 0.6) is 0 Å². The molecule has 2 fully saturated rings. The molecule has 2 saturated heterocycles. The third-order valence-corrected chi connectivity index (χ3v) is 4.83. The molecule has 2 amide bonds. The molecule has 2 aliphatic heterocycles. The number of nitrogens with zero attached hydrogens (tertiary/aromatic N) is 4. The maximum absolute atomic E-state index is 12.3. The molecule has 8 heteroatoms. The van der Waals surface area contributed by atoms with E-state index in [9.17, 15) is 9.59 Å². The van der Waals surface area contributed by atoms with Crippen LogP contribution in [0, 0.1) is 13.8 Å². The van der Waals surface area contributed by atoms with Gasteiger partial charge < -0.3 is 18.7 Å². The highest BCUT2D eigenvalue weighted by atomic mass is 16.5. The molecule has 0 spiro atoms. The first-order valence-corrected chi connectivity index (χ1v) is 8.42. The molecule has 4 rings (SSSR count). The number of likely N-dealkylation sites (tertiary alicyclic amines) is 2. The van der Waals surface area contributed by atoms with Gasteiger partial charge in [-0.3, -0.25) is 9.59 Å². The van der Waals surface area contributed by atoms with Crippen molar-refractivity contribution in [1.29, 1.82) is 0 Å². The molecule has 132 valence electrons. The van der Waals surface area contributed by atoms with Crippen molar-refractivity contribution in [3.63, 3.8) is 0 Å². The van der Waals surface area contributed by atoms with E-state index in [0.29, 0.717) is 43.5 Å². The molecule has 4 heterocycles. The summed E-state index contributed by atoms with van der Waals surface area (Å²) in [5, 5.41) is 3.79. The summed E-state index contributed by atoms with van der Waals surface area (Å²) in [6, 6.07) is 3.75. The van der Waals surface area contributed by atoms with E-state index in [1.165, 1.54) is 0 Å². The van der Waals surface area contributed by atoms with Crippen molar-refractivity contribution >= 4 is 11.8 Å². The summed E-state index contributed by atoms with van der Waals surface area (Å²) in [7, 11) is 0. The van der Waals surface area contributed by atoms with Gasteiger partial charge in [-0.1, -0.05) is 5.16 Å². The first-order chi connectivity index (χ1) is 12.0. The molecular formula is C17H20N4O4. The molecule has 0 aliphatic carbocycles. The topological polar surface area (TPSA) is 92.7 Å². The van der Waals surface area contributed by atoms with Gasteiger partial charge in [-0.05, 0) is 26.0 Å². The molecule has 0 radical (unpaired) electrons. The smallest absolute Gasteiger partial charge is 0.232 e. The number of carbonyl (C=O) groups excluding carboxylic acids is 2. The third-order valence-electron chi connectivity index (χ3n) is 4.83. The summed E-state index contributed by atoms with van der Waals surface area (Å²) in [6.45, 7) is 5.33. The van der Waals surface area contributed by atoms with Crippen LogP contribution < -0.4 is 0 Å². The van der Waals surface area contributed by atoms with Gasteiger partial charge in [0.05, 0.1) is 18.4 Å². The highest BCUT2D eigenvalue weighted by molar-refractivity contribution is 5.82. The Hall–Kier alpha value is -2.64. The van der Waals surface area contributed by atoms with Crippen molar-refractivity contribution < 1.29 is 18.5 Å². The Morgan fingerprint density at radius 2 is 2.08 bits per heavy atom. The summed E-state index contributed by atoms with van der Waals surface area (Å²) < 4.78 is 10.6. The molecule has 2 aromatic heterocycles. The zero-order valence-corrected chi connectivity index (χ0v) is 14.3. The van der Waals surface area contributed by atoms with Crippen LogP contribution in [0.4, 0.5) is 0 Å². The van der Waals surface area contributed by atoms with E-state index in [2.05, 4.69) is 10.1 Å². The van der Waals surface area contributed by atoms with E-state index >= 15 is 0 Å². The van der Waals surface area contributed by atoms with Crippen molar-refractivity contribution in [2.24, 2.45) is 0 Å². The summed E-state index contributed by atoms with van der Waals surface area (Å²) in [5.74, 6) is 2.64. The minimum atomic E-state index is -0.0513. The fourth-order valence-electron chi connectivity index (χ4n) is 3.43. The number of aromatic nitrogens is 2. The highest BCUT2D eigenvalue weighted by Crippen LogP contribution is 2.31. The van der Waals surface area contributed by atoms with Crippen molar-refractivity contribution in [3.05, 3.63) is 35.4 Å². The van der Waals surface area contributed by atoms with Crippen molar-refractivity contribution in [2.45, 2.75) is 38.6 Å². The van der Waals surface area contributed by atoms with Gasteiger partial charge in [-0.25, -0.2) is 0 Å². The maximum atomic E-state index is 12.3. The van der Waals surface area contributed by atoms with Gasteiger partial charge in [-0.15, -0.1) is 0 Å². The second-order valence-electron chi connectivity index (χ2n) is 6.77. The Morgan fingerprint density at radius 1 is 1.28 bits per heavy atom. The van der Waals surface area contributed by atoms with Crippen LogP contribution in [0.15, 0.2) is 21.1 Å². The molecule has 0 saturated carbocycles. The summed E-state index contributed by atoms with van der Waals surface area (Å²) in [5.41, 5.74) is 0. The van der Waals surface area contributed by atoms with Gasteiger partial charge >= 0.3 is 0 Å². The Balaban J connectivity index is 1.31. The monoisotopic (exact) mass is 344 g/mol. The number of hydrogen-bond donors (Lipinski definition) is 0. The third kappa shape index (κ3) is 3.04. The van der Waals surface area contributed by atoms with Gasteiger partial charge in [0.2, 0.25) is 17.7 Å². The largest absolute Gasteiger partial charge is 0.466 e. The molecule has 2 aliphatic rings. The molecule has 2 aromatic rings. The van der Waals surface area contributed by atoms with E-state index < -0.39 is 0 Å². The number of furan rings is 1. The van der Waals surface area contributed by atoms with Gasteiger partial charge in [0.15, 0.2) is 5.82 Å². The molecule has 0 aromatic carbocycles. The second-order valence-corrected chi connectivity index (χ2v) is 6.77. The zero-order chi connectivity index (χ0) is 17.6. The molecule has 1 atom stereocenters. The highest BCUT2D eigenvalue weighted by Gasteiger charge is 2.43. The minimum absolute atomic E-state index is 0.0290. The lowest BCUT2D eigenvalue weighted by Crippen LogP contribution is -2.61. The Morgan fingerprint density at radius 3 is 2.72 bits per heavy atom. The van der Waals surface area contributed by atoms with Crippen molar-refractivity contribution in [1.82, 2.24) is 19.9 Å². The fourth-order valence-corrected chi connectivity index (χ4v) is 3.43. The van der Waals surface area contributed by atoms with Crippen molar-refractivity contribution in [2.75, 3.05) is 19.6 Å². The number of rotatable bonds is 4. The number of hydrogen-bond acceptors (Lipinski definition) is 6. The average molecular weight is 344 g/mol. The van der Waals surface area contributed by atoms with E-state index in [1.54, 1.807) is 11.8 Å². The van der Waals surface area contributed by atoms with E-state index in [1.807, 2.05) is 24.0 Å². The van der Waals surface area contributed by atoms with Crippen LogP contribution >= 0.6 is 0 Å². The van der Waals surface area contributed by atoms with E-state index in [0.717, 1.165) is 5.76 Å². The van der Waals surface area contributed by atoms with E-state index in [4.69, 9.17) is 8.94 Å². The Labute approximate surface area is 144 Å². The lowest BCUT2D eigenvalue weighted by molar-refractivity contribution is -0.144. The van der Waals surface area contributed by atoms with E-state index in [-0.39, 0.29) is 30.2 Å². The molecular weight excluding hydrogens is 324 g/mol. The summed E-state index contributed by atoms with van der Waals surface area (Å²) in [6.07, 6.45) is 0.649. The molecule has 0 bridgehead atoms. The fraction of sp³-hybridized carbons (Fsp3) is 0.529. The first-order valence-electron chi connectivity index (χ1n) is 8.42. The van der Waals surface area contributed by atoms with Crippen LogP contribution in [0.25, 0.3) is 0 Å². The summed E-state index contributed by atoms with van der Waals surface area (Å²) in [4.78, 5) is 32.4. The van der Waals surface area contributed by atoms with Gasteiger partial charge in [-0.2, -0.15) is 4.98 Å². The van der Waals surface area contributed by atoms with Crippen LogP contribution in [-0.2, 0) is 16.0 Å². The summed E-state index contributed by atoms with van der Waals surface area (Å²) >= 11 is 0. The van der Waals surface area contributed by atoms with Crippen LogP contribution in [0.3, 0.4) is 0 Å². The average Bonchev–Trinajstić information content (AvgIpc) is 3.20. The number of aryl methyl sites for hydroxylation is 2. The number of carbonyl (C=O) groups is 2. The number of amides is 2. The Kier molecular flexibility index (Phi) is 3.82. The lowest BCUT2D eigenvalue weighted by Gasteiger charge is -2.44.